The lowest BCUT2D eigenvalue weighted by Gasteiger charge is -2.22. The summed E-state index contributed by atoms with van der Waals surface area (Å²) in [7, 11) is 0. The minimum Gasteiger partial charge on any atom is -0.464 e. The Balaban J connectivity index is 2.12. The number of hydrogen-bond acceptors (Lipinski definition) is 3. The van der Waals surface area contributed by atoms with Crippen LogP contribution in [0.15, 0.2) is 0 Å². The van der Waals surface area contributed by atoms with E-state index in [0.29, 0.717) is 6.61 Å². The van der Waals surface area contributed by atoms with Crippen molar-refractivity contribution in [3.63, 3.8) is 0 Å². The monoisotopic (exact) mass is 198 g/mol. The molecule has 0 spiro atoms. The zero-order chi connectivity index (χ0) is 10.2. The predicted octanol–water partition coefficient (Wildman–Crippen LogP) is 2.04. The Labute approximate surface area is 84.8 Å². The fourth-order valence-corrected chi connectivity index (χ4v) is 2.74. The molecule has 0 aromatic carbocycles. The summed E-state index contributed by atoms with van der Waals surface area (Å²) in [6.45, 7) is 4.38. The van der Waals surface area contributed by atoms with E-state index < -0.39 is 5.60 Å². The van der Waals surface area contributed by atoms with Gasteiger partial charge in [-0.2, -0.15) is 0 Å². The van der Waals surface area contributed by atoms with Crippen LogP contribution in [0.25, 0.3) is 0 Å². The second kappa shape index (κ2) is 3.23. The van der Waals surface area contributed by atoms with Gasteiger partial charge in [-0.1, -0.05) is 13.3 Å². The quantitative estimate of drug-likeness (QED) is 0.514. The fraction of sp³-hybridized carbons (Fsp3) is 0.909. The summed E-state index contributed by atoms with van der Waals surface area (Å²) < 4.78 is 10.8. The van der Waals surface area contributed by atoms with Crippen molar-refractivity contribution in [1.82, 2.24) is 0 Å². The Morgan fingerprint density at radius 1 is 1.36 bits per heavy atom. The van der Waals surface area contributed by atoms with Crippen LogP contribution in [0.3, 0.4) is 0 Å². The highest BCUT2D eigenvalue weighted by atomic mass is 16.7. The van der Waals surface area contributed by atoms with Crippen molar-refractivity contribution >= 4 is 5.97 Å². The normalized spacial score (nSPS) is 40.1. The van der Waals surface area contributed by atoms with Crippen molar-refractivity contribution in [2.45, 2.75) is 57.2 Å². The van der Waals surface area contributed by atoms with E-state index in [2.05, 4.69) is 6.92 Å². The number of epoxide rings is 1. The zero-order valence-electron chi connectivity index (χ0n) is 8.97. The van der Waals surface area contributed by atoms with Crippen LogP contribution in [0, 0.1) is 0 Å². The number of rotatable bonds is 3. The second-order valence-electron chi connectivity index (χ2n) is 4.20. The highest BCUT2D eigenvalue weighted by molar-refractivity contribution is 5.85. The third kappa shape index (κ3) is 1.11. The molecular weight excluding hydrogens is 180 g/mol. The third-order valence-electron chi connectivity index (χ3n) is 3.60. The van der Waals surface area contributed by atoms with Gasteiger partial charge in [-0.25, -0.2) is 4.79 Å². The summed E-state index contributed by atoms with van der Waals surface area (Å²) in [6, 6.07) is 0. The molecule has 80 valence electrons. The minimum atomic E-state index is -0.560. The molecule has 2 aliphatic rings. The Bertz CT molecular complexity index is 251. The van der Waals surface area contributed by atoms with Crippen LogP contribution in [-0.2, 0) is 14.3 Å². The average molecular weight is 198 g/mol. The lowest BCUT2D eigenvalue weighted by molar-refractivity contribution is -0.150. The first-order valence-electron chi connectivity index (χ1n) is 5.58. The molecule has 2 atom stereocenters. The van der Waals surface area contributed by atoms with Crippen molar-refractivity contribution in [1.29, 1.82) is 0 Å². The van der Waals surface area contributed by atoms with E-state index in [9.17, 15) is 4.79 Å². The summed E-state index contributed by atoms with van der Waals surface area (Å²) in [5.74, 6) is -0.137. The third-order valence-corrected chi connectivity index (χ3v) is 3.60. The molecule has 0 aromatic heterocycles. The number of ether oxygens (including phenoxy) is 2. The average Bonchev–Trinajstić information content (AvgIpc) is 2.89. The second-order valence-corrected chi connectivity index (χ2v) is 4.20. The smallest absolute Gasteiger partial charge is 0.341 e. The summed E-state index contributed by atoms with van der Waals surface area (Å²) in [5.41, 5.74) is -0.729. The van der Waals surface area contributed by atoms with Crippen molar-refractivity contribution in [2.24, 2.45) is 0 Å². The van der Waals surface area contributed by atoms with Crippen LogP contribution >= 0.6 is 0 Å². The highest BCUT2D eigenvalue weighted by Crippen LogP contribution is 2.59. The first-order valence-corrected chi connectivity index (χ1v) is 5.58. The topological polar surface area (TPSA) is 38.8 Å². The maximum Gasteiger partial charge on any atom is 0.341 e. The molecule has 1 saturated heterocycles. The zero-order valence-corrected chi connectivity index (χ0v) is 8.97. The number of esters is 1. The Morgan fingerprint density at radius 2 is 2.07 bits per heavy atom. The Morgan fingerprint density at radius 3 is 2.71 bits per heavy atom. The first kappa shape index (κ1) is 9.97. The van der Waals surface area contributed by atoms with E-state index in [-0.39, 0.29) is 11.6 Å². The summed E-state index contributed by atoms with van der Waals surface area (Å²) in [6.07, 6.45) is 5.05. The predicted molar refractivity (Wildman–Crippen MR) is 51.9 cm³/mol. The highest BCUT2D eigenvalue weighted by Gasteiger charge is 2.74. The van der Waals surface area contributed by atoms with Gasteiger partial charge in [-0.15, -0.1) is 0 Å². The largest absolute Gasteiger partial charge is 0.464 e. The molecule has 2 fully saturated rings. The molecular formula is C11H18O3. The van der Waals surface area contributed by atoms with Crippen LogP contribution in [0.1, 0.15) is 46.0 Å². The molecule has 1 aliphatic heterocycles. The van der Waals surface area contributed by atoms with Crippen molar-refractivity contribution < 1.29 is 14.3 Å². The summed E-state index contributed by atoms with van der Waals surface area (Å²) in [5, 5.41) is 0. The lowest BCUT2D eigenvalue weighted by Crippen LogP contribution is -2.38. The van der Waals surface area contributed by atoms with Crippen LogP contribution in [-0.4, -0.2) is 23.8 Å². The molecule has 2 unspecified atom stereocenters. The minimum absolute atomic E-state index is 0.137. The van der Waals surface area contributed by atoms with Gasteiger partial charge < -0.3 is 9.47 Å². The van der Waals surface area contributed by atoms with Crippen LogP contribution in [0.2, 0.25) is 0 Å². The van der Waals surface area contributed by atoms with Crippen molar-refractivity contribution in [2.75, 3.05) is 6.61 Å². The van der Waals surface area contributed by atoms with Gasteiger partial charge in [-0.3, -0.25) is 0 Å². The van der Waals surface area contributed by atoms with Gasteiger partial charge in [0, 0.05) is 0 Å². The molecule has 0 radical (unpaired) electrons. The van der Waals surface area contributed by atoms with Gasteiger partial charge in [0.15, 0.2) is 5.60 Å². The molecule has 0 N–H and O–H groups in total. The SMILES string of the molecule is CCOC(=O)C12CCCCC1(CC)O2. The van der Waals surface area contributed by atoms with Gasteiger partial charge in [-0.05, 0) is 32.6 Å². The molecule has 0 bridgehead atoms. The Kier molecular flexibility index (Phi) is 2.30. The van der Waals surface area contributed by atoms with Crippen LogP contribution in [0.4, 0.5) is 0 Å². The summed E-state index contributed by atoms with van der Waals surface area (Å²) in [4.78, 5) is 11.8. The van der Waals surface area contributed by atoms with Crippen molar-refractivity contribution in [3.8, 4) is 0 Å². The number of hydrogen-bond donors (Lipinski definition) is 0. The molecule has 14 heavy (non-hydrogen) atoms. The lowest BCUT2D eigenvalue weighted by atomic mass is 9.78. The van der Waals surface area contributed by atoms with Crippen LogP contribution in [0.5, 0.6) is 0 Å². The number of carbonyl (C=O) groups excluding carboxylic acids is 1. The summed E-state index contributed by atoms with van der Waals surface area (Å²) >= 11 is 0. The Hall–Kier alpha value is -0.570. The molecule has 1 saturated carbocycles. The first-order chi connectivity index (χ1) is 6.71. The fourth-order valence-electron chi connectivity index (χ4n) is 2.74. The standard InChI is InChI=1S/C11H18O3/c1-3-10-7-5-6-8-11(10,14-10)9(12)13-4-2/h3-8H2,1-2H3. The van der Waals surface area contributed by atoms with E-state index >= 15 is 0 Å². The van der Waals surface area contributed by atoms with Gasteiger partial charge in [0.1, 0.15) is 5.60 Å². The number of carbonyl (C=O) groups is 1. The van der Waals surface area contributed by atoms with Gasteiger partial charge >= 0.3 is 5.97 Å². The molecule has 3 heteroatoms. The van der Waals surface area contributed by atoms with Crippen molar-refractivity contribution in [3.05, 3.63) is 0 Å². The van der Waals surface area contributed by atoms with E-state index in [4.69, 9.17) is 9.47 Å². The van der Waals surface area contributed by atoms with Gasteiger partial charge in [0.05, 0.1) is 6.61 Å². The van der Waals surface area contributed by atoms with E-state index in [1.807, 2.05) is 6.92 Å². The molecule has 1 heterocycles. The maximum absolute atomic E-state index is 11.8. The molecule has 1 aliphatic carbocycles. The molecule has 3 nitrogen and oxygen atoms in total. The van der Waals surface area contributed by atoms with E-state index in [1.54, 1.807) is 0 Å². The van der Waals surface area contributed by atoms with Gasteiger partial charge in [0.2, 0.25) is 0 Å². The molecule has 0 amide bonds. The van der Waals surface area contributed by atoms with E-state index in [1.165, 1.54) is 6.42 Å². The molecule has 0 aromatic rings. The molecule has 2 rings (SSSR count). The van der Waals surface area contributed by atoms with E-state index in [0.717, 1.165) is 25.7 Å². The maximum atomic E-state index is 11.8. The van der Waals surface area contributed by atoms with Crippen LogP contribution < -0.4 is 0 Å². The number of fused-ring (bicyclic) bond motifs is 1. The van der Waals surface area contributed by atoms with Gasteiger partial charge in [0.25, 0.3) is 0 Å².